The molecule has 6 rings (SSSR count). The van der Waals surface area contributed by atoms with Gasteiger partial charge in [-0.2, -0.15) is 0 Å². The van der Waals surface area contributed by atoms with E-state index in [1.807, 2.05) is 0 Å². The molecule has 0 bridgehead atoms. The van der Waals surface area contributed by atoms with Gasteiger partial charge in [0.05, 0.1) is 0 Å². The molecule has 0 spiro atoms. The van der Waals surface area contributed by atoms with E-state index in [9.17, 15) is 0 Å². The molecule has 0 nitrogen and oxygen atoms in total. The fourth-order valence-corrected chi connectivity index (χ4v) is 4.36. The first kappa shape index (κ1) is 12.3. The monoisotopic (exact) mass is 302 g/mol. The predicted molar refractivity (Wildman–Crippen MR) is 102 cm³/mol. The van der Waals surface area contributed by atoms with Crippen LogP contribution in [0.5, 0.6) is 0 Å². The van der Waals surface area contributed by atoms with E-state index in [1.165, 1.54) is 53.5 Å². The van der Waals surface area contributed by atoms with Gasteiger partial charge < -0.3 is 0 Å². The molecule has 0 heteroatoms. The molecule has 2 aliphatic rings. The van der Waals surface area contributed by atoms with E-state index in [4.69, 9.17) is 0 Å². The summed E-state index contributed by atoms with van der Waals surface area (Å²) < 4.78 is 0. The Balaban J connectivity index is 2.02. The van der Waals surface area contributed by atoms with Crippen LogP contribution in [-0.2, 0) is 0 Å². The third kappa shape index (κ3) is 1.39. The molecule has 0 unspecified atom stereocenters. The van der Waals surface area contributed by atoms with Gasteiger partial charge in [0.25, 0.3) is 0 Å². The van der Waals surface area contributed by atoms with Crippen LogP contribution in [0.25, 0.3) is 39.8 Å². The fourth-order valence-electron chi connectivity index (χ4n) is 4.36. The van der Waals surface area contributed by atoms with Crippen LogP contribution in [0.1, 0.15) is 11.1 Å². The zero-order valence-corrected chi connectivity index (χ0v) is 13.1. The molecule has 0 saturated heterocycles. The van der Waals surface area contributed by atoms with Crippen molar-refractivity contribution in [3.63, 3.8) is 0 Å². The summed E-state index contributed by atoms with van der Waals surface area (Å²) in [6.45, 7) is 0. The van der Waals surface area contributed by atoms with Crippen molar-refractivity contribution in [2.75, 3.05) is 0 Å². The lowest BCUT2D eigenvalue weighted by atomic mass is 9.97. The van der Waals surface area contributed by atoms with Gasteiger partial charge in [0, 0.05) is 0 Å². The average Bonchev–Trinajstić information content (AvgIpc) is 3.26. The lowest BCUT2D eigenvalue weighted by Crippen LogP contribution is -2.07. The molecule has 4 aromatic carbocycles. The smallest absolute Gasteiger partial charge is 0.00199 e. The minimum atomic E-state index is 1.31. The molecule has 0 aliphatic heterocycles. The van der Waals surface area contributed by atoms with Gasteiger partial charge in [-0.05, 0) is 59.6 Å². The summed E-state index contributed by atoms with van der Waals surface area (Å²) in [6, 6.07) is 22.0. The Kier molecular flexibility index (Phi) is 2.18. The largest absolute Gasteiger partial charge is 0.0616 e. The summed E-state index contributed by atoms with van der Waals surface area (Å²) in [5, 5.41) is 10.8. The van der Waals surface area contributed by atoms with Gasteiger partial charge in [-0.3, -0.25) is 0 Å². The molecule has 110 valence electrons. The maximum atomic E-state index is 2.39. The van der Waals surface area contributed by atoms with Gasteiger partial charge in [0.2, 0.25) is 0 Å². The lowest BCUT2D eigenvalue weighted by Gasteiger charge is -2.06. The Hall–Kier alpha value is -3.12. The van der Waals surface area contributed by atoms with E-state index in [2.05, 4.69) is 85.0 Å². The molecule has 0 fully saturated rings. The summed E-state index contributed by atoms with van der Waals surface area (Å²) >= 11 is 0. The van der Waals surface area contributed by atoms with Crippen molar-refractivity contribution in [3.05, 3.63) is 98.7 Å². The normalized spacial score (nSPS) is 13.5. The van der Waals surface area contributed by atoms with Crippen LogP contribution in [-0.4, -0.2) is 0 Å². The SMILES string of the molecule is C1=Cc2c3c(c4ccccc4c2=C1)=c1ccc2ccccc2c1=C3. The second-order valence-corrected chi connectivity index (χ2v) is 6.58. The Morgan fingerprint density at radius 3 is 2.29 bits per heavy atom. The van der Waals surface area contributed by atoms with Crippen molar-refractivity contribution in [3.8, 4) is 0 Å². The Bertz CT molecular complexity index is 1430. The van der Waals surface area contributed by atoms with E-state index in [0.29, 0.717) is 0 Å². The number of benzene rings is 4. The summed E-state index contributed by atoms with van der Waals surface area (Å²) in [6.07, 6.45) is 9.06. The van der Waals surface area contributed by atoms with Gasteiger partial charge in [0.15, 0.2) is 0 Å². The first-order valence-electron chi connectivity index (χ1n) is 8.39. The summed E-state index contributed by atoms with van der Waals surface area (Å²) in [5.74, 6) is 0. The second-order valence-electron chi connectivity index (χ2n) is 6.58. The van der Waals surface area contributed by atoms with E-state index < -0.39 is 0 Å². The number of hydrogen-bond donors (Lipinski definition) is 0. The highest BCUT2D eigenvalue weighted by atomic mass is 14.2. The van der Waals surface area contributed by atoms with E-state index in [0.717, 1.165) is 0 Å². The molecule has 0 heterocycles. The summed E-state index contributed by atoms with van der Waals surface area (Å²) in [4.78, 5) is 0. The van der Waals surface area contributed by atoms with Crippen molar-refractivity contribution in [2.45, 2.75) is 0 Å². The van der Waals surface area contributed by atoms with Crippen molar-refractivity contribution < 1.29 is 0 Å². The third-order valence-electron chi connectivity index (χ3n) is 5.39. The second kappa shape index (κ2) is 4.24. The highest BCUT2D eigenvalue weighted by molar-refractivity contribution is 5.96. The minimum Gasteiger partial charge on any atom is -0.0616 e. The van der Waals surface area contributed by atoms with Crippen molar-refractivity contribution >= 4 is 39.8 Å². The number of allylic oxidation sites excluding steroid dienone is 1. The highest BCUT2D eigenvalue weighted by Crippen LogP contribution is 2.26. The van der Waals surface area contributed by atoms with Crippen molar-refractivity contribution in [2.24, 2.45) is 0 Å². The maximum absolute atomic E-state index is 2.39. The van der Waals surface area contributed by atoms with E-state index in [1.54, 1.807) is 0 Å². The first-order chi connectivity index (χ1) is 11.9. The molecule has 4 aromatic rings. The number of hydrogen-bond acceptors (Lipinski definition) is 0. The Labute approximate surface area is 139 Å². The molecule has 2 aliphatic carbocycles. The zero-order valence-electron chi connectivity index (χ0n) is 13.1. The zero-order chi connectivity index (χ0) is 15.7. The molecule has 0 saturated carbocycles. The van der Waals surface area contributed by atoms with Crippen LogP contribution in [0.4, 0.5) is 0 Å². The molecule has 0 aromatic heterocycles. The van der Waals surface area contributed by atoms with Crippen LogP contribution >= 0.6 is 0 Å². The van der Waals surface area contributed by atoms with Gasteiger partial charge in [-0.15, -0.1) is 0 Å². The summed E-state index contributed by atoms with van der Waals surface area (Å²) in [5.41, 5.74) is 2.74. The lowest BCUT2D eigenvalue weighted by molar-refractivity contribution is 1.52. The fraction of sp³-hybridized carbons (Fsp3) is 0. The highest BCUT2D eigenvalue weighted by Gasteiger charge is 2.15. The van der Waals surface area contributed by atoms with Crippen LogP contribution in [0, 0.1) is 10.4 Å². The number of rotatable bonds is 0. The molecule has 0 N–H and O–H groups in total. The predicted octanol–water partition coefficient (Wildman–Crippen LogP) is 4.23. The molecule has 0 radical (unpaired) electrons. The minimum absolute atomic E-state index is 1.31. The van der Waals surface area contributed by atoms with E-state index in [-0.39, 0.29) is 0 Å². The third-order valence-corrected chi connectivity index (χ3v) is 5.39. The Morgan fingerprint density at radius 2 is 1.38 bits per heavy atom. The van der Waals surface area contributed by atoms with Crippen LogP contribution < -0.4 is 10.4 Å². The first-order valence-corrected chi connectivity index (χ1v) is 8.39. The van der Waals surface area contributed by atoms with Crippen molar-refractivity contribution in [1.82, 2.24) is 0 Å². The average molecular weight is 302 g/mol. The maximum Gasteiger partial charge on any atom is -0.00199 e. The van der Waals surface area contributed by atoms with Crippen LogP contribution in [0.2, 0.25) is 0 Å². The van der Waals surface area contributed by atoms with Gasteiger partial charge in [0.1, 0.15) is 0 Å². The standard InChI is InChI=1S/C24H14/c1-2-7-16-15(6-1)12-13-21-22(16)14-23-19-11-5-10-17(19)18-8-3-4-9-20(18)24(21)23/h1-14H. The van der Waals surface area contributed by atoms with Crippen LogP contribution in [0.3, 0.4) is 0 Å². The summed E-state index contributed by atoms with van der Waals surface area (Å²) in [7, 11) is 0. The molecule has 24 heavy (non-hydrogen) atoms. The molecule has 0 amide bonds. The van der Waals surface area contributed by atoms with Gasteiger partial charge in [-0.25, -0.2) is 0 Å². The van der Waals surface area contributed by atoms with Crippen molar-refractivity contribution in [1.29, 1.82) is 0 Å². The topological polar surface area (TPSA) is 0 Å². The quantitative estimate of drug-likeness (QED) is 0.401. The van der Waals surface area contributed by atoms with Crippen LogP contribution in [0.15, 0.2) is 66.7 Å². The number of fused-ring (bicyclic) bond motifs is 9. The van der Waals surface area contributed by atoms with E-state index >= 15 is 0 Å². The van der Waals surface area contributed by atoms with Gasteiger partial charge in [-0.1, -0.05) is 78.9 Å². The molecular formula is C24H14. The molecular weight excluding hydrogens is 288 g/mol. The Morgan fingerprint density at radius 1 is 0.583 bits per heavy atom. The van der Waals surface area contributed by atoms with Gasteiger partial charge >= 0.3 is 0 Å². The molecule has 0 atom stereocenters.